The highest BCUT2D eigenvalue weighted by Crippen LogP contribution is 2.52. The summed E-state index contributed by atoms with van der Waals surface area (Å²) in [6.07, 6.45) is 0. The first-order chi connectivity index (χ1) is 11.9. The summed E-state index contributed by atoms with van der Waals surface area (Å²) in [4.78, 5) is 0. The summed E-state index contributed by atoms with van der Waals surface area (Å²) >= 11 is 0. The number of benzene rings is 3. The molecule has 126 valence electrons. The third-order valence-corrected chi connectivity index (χ3v) is 7.64. The van der Waals surface area contributed by atoms with Crippen molar-refractivity contribution in [1.82, 2.24) is 0 Å². The topological polar surface area (TPSA) is 0 Å². The molecule has 1 unspecified atom stereocenters. The van der Waals surface area contributed by atoms with Crippen molar-refractivity contribution in [3.8, 4) is 11.1 Å². The molecule has 0 bridgehead atoms. The van der Waals surface area contributed by atoms with Crippen molar-refractivity contribution in [2.24, 2.45) is 6.66 Å². The summed E-state index contributed by atoms with van der Waals surface area (Å²) < 4.78 is 0. The highest BCUT2D eigenvalue weighted by Gasteiger charge is 2.17. The minimum atomic E-state index is -0.306. The Morgan fingerprint density at radius 2 is 1.32 bits per heavy atom. The lowest BCUT2D eigenvalue weighted by molar-refractivity contribution is 1.32. The van der Waals surface area contributed by atoms with E-state index in [0.29, 0.717) is 0 Å². The molecule has 0 aliphatic rings. The van der Waals surface area contributed by atoms with Gasteiger partial charge in [-0.3, -0.25) is 0 Å². The molecule has 25 heavy (non-hydrogen) atoms. The van der Waals surface area contributed by atoms with Crippen LogP contribution >= 0.6 is 7.53 Å². The van der Waals surface area contributed by atoms with Crippen LogP contribution in [-0.2, 0) is 6.66 Å². The second kappa shape index (κ2) is 5.75. The summed E-state index contributed by atoms with van der Waals surface area (Å²) in [7, 11) is -0.306. The smallest absolute Gasteiger partial charge is 0.00997 e. The molecule has 4 rings (SSSR count). The third-order valence-electron chi connectivity index (χ3n) is 5.41. The molecule has 1 heteroatoms. The number of hydrogen-bond acceptors (Lipinski definition) is 0. The van der Waals surface area contributed by atoms with Crippen LogP contribution in [0.5, 0.6) is 0 Å². The first kappa shape index (κ1) is 16.4. The maximum absolute atomic E-state index is 2.43. The minimum absolute atomic E-state index is 0.306. The maximum atomic E-state index is 2.43. The van der Waals surface area contributed by atoms with E-state index >= 15 is 0 Å². The molecule has 0 saturated heterocycles. The van der Waals surface area contributed by atoms with Crippen molar-refractivity contribution >= 4 is 28.5 Å². The summed E-state index contributed by atoms with van der Waals surface area (Å²) in [5.74, 6) is 0. The zero-order chi connectivity index (χ0) is 17.9. The van der Waals surface area contributed by atoms with Crippen LogP contribution in [0.2, 0.25) is 0 Å². The largest absolute Gasteiger partial charge is 0.111 e. The SMILES string of the molecule is Cc1cc(C)c(-c2cccc3c4c(C)cc(C)cc4p(C)c23)c(C)c1. The molecule has 1 aromatic heterocycles. The van der Waals surface area contributed by atoms with Crippen LogP contribution in [0, 0.1) is 34.6 Å². The first-order valence-electron chi connectivity index (χ1n) is 8.95. The lowest BCUT2D eigenvalue weighted by atomic mass is 9.92. The second-order valence-electron chi connectivity index (χ2n) is 7.51. The van der Waals surface area contributed by atoms with Gasteiger partial charge in [0.15, 0.2) is 0 Å². The molecule has 0 aliphatic carbocycles. The Balaban J connectivity index is 2.20. The normalized spacial score (nSPS) is 12.3. The van der Waals surface area contributed by atoms with Crippen LogP contribution in [0.15, 0.2) is 42.5 Å². The quantitative estimate of drug-likeness (QED) is 0.331. The van der Waals surface area contributed by atoms with Gasteiger partial charge < -0.3 is 0 Å². The van der Waals surface area contributed by atoms with Crippen molar-refractivity contribution in [1.29, 1.82) is 0 Å². The van der Waals surface area contributed by atoms with Gasteiger partial charge >= 0.3 is 0 Å². The molecule has 0 radical (unpaired) electrons. The minimum Gasteiger partial charge on any atom is -0.111 e. The van der Waals surface area contributed by atoms with Crippen molar-refractivity contribution in [3.63, 3.8) is 0 Å². The molecule has 3 aromatic carbocycles. The van der Waals surface area contributed by atoms with E-state index in [1.54, 1.807) is 10.2 Å². The zero-order valence-corrected chi connectivity index (χ0v) is 16.9. The zero-order valence-electron chi connectivity index (χ0n) is 16.0. The van der Waals surface area contributed by atoms with Crippen molar-refractivity contribution in [3.05, 3.63) is 70.3 Å². The summed E-state index contributed by atoms with van der Waals surface area (Å²) in [6, 6.07) is 16.3. The van der Waals surface area contributed by atoms with E-state index in [-0.39, 0.29) is 7.53 Å². The lowest BCUT2D eigenvalue weighted by Gasteiger charge is -2.14. The fourth-order valence-electron chi connectivity index (χ4n) is 4.59. The maximum Gasteiger partial charge on any atom is 0.00997 e. The Kier molecular flexibility index (Phi) is 3.78. The Labute approximate surface area is 151 Å². The molecule has 4 aromatic rings. The van der Waals surface area contributed by atoms with Crippen LogP contribution in [0.3, 0.4) is 0 Å². The van der Waals surface area contributed by atoms with Gasteiger partial charge in [-0.15, -0.1) is 7.53 Å². The van der Waals surface area contributed by atoms with Crippen molar-refractivity contribution in [2.45, 2.75) is 34.6 Å². The molecular weight excluding hydrogens is 319 g/mol. The van der Waals surface area contributed by atoms with Crippen LogP contribution < -0.4 is 0 Å². The highest BCUT2D eigenvalue weighted by atomic mass is 31.1. The van der Waals surface area contributed by atoms with Gasteiger partial charge in [-0.25, -0.2) is 0 Å². The fraction of sp³-hybridized carbons (Fsp3) is 0.250. The number of fused-ring (bicyclic) bond motifs is 3. The predicted octanol–water partition coefficient (Wildman–Crippen LogP) is 7.73. The monoisotopic (exact) mass is 344 g/mol. The van der Waals surface area contributed by atoms with Gasteiger partial charge in [-0.2, -0.15) is 0 Å². The van der Waals surface area contributed by atoms with Crippen LogP contribution in [0.4, 0.5) is 0 Å². The molecule has 0 fully saturated rings. The Bertz CT molecular complexity index is 1120. The average Bonchev–Trinajstić information content (AvgIpc) is 2.80. The molecular formula is C24H25P. The highest BCUT2D eigenvalue weighted by molar-refractivity contribution is 7.60. The second-order valence-corrected chi connectivity index (χ2v) is 9.56. The molecule has 0 amide bonds. The van der Waals surface area contributed by atoms with Crippen molar-refractivity contribution < 1.29 is 0 Å². The molecule has 0 aliphatic heterocycles. The molecule has 0 saturated carbocycles. The van der Waals surface area contributed by atoms with E-state index in [4.69, 9.17) is 0 Å². The number of hydrogen-bond donors (Lipinski definition) is 0. The average molecular weight is 344 g/mol. The van der Waals surface area contributed by atoms with Gasteiger partial charge in [0.1, 0.15) is 0 Å². The predicted molar refractivity (Wildman–Crippen MR) is 114 cm³/mol. The fourth-order valence-corrected chi connectivity index (χ4v) is 6.96. The Morgan fingerprint density at radius 3 is 2.00 bits per heavy atom. The van der Waals surface area contributed by atoms with E-state index in [9.17, 15) is 0 Å². The Morgan fingerprint density at radius 1 is 0.720 bits per heavy atom. The van der Waals surface area contributed by atoms with E-state index in [2.05, 4.69) is 83.7 Å². The molecule has 1 heterocycles. The van der Waals surface area contributed by atoms with Crippen molar-refractivity contribution in [2.75, 3.05) is 0 Å². The van der Waals surface area contributed by atoms with E-state index in [1.165, 1.54) is 49.7 Å². The van der Waals surface area contributed by atoms with E-state index in [1.807, 2.05) is 0 Å². The van der Waals surface area contributed by atoms with Crippen LogP contribution in [0.1, 0.15) is 27.8 Å². The Hall–Kier alpha value is -2.04. The standard InChI is InChI=1S/C24H25P/c1-14-10-16(3)22(17(4)11-14)19-8-7-9-20-23-18(5)12-15(2)13-21(23)25(6)24(19)20/h7-13H,1-6H3. The third kappa shape index (κ3) is 2.43. The summed E-state index contributed by atoms with van der Waals surface area (Å²) in [6.45, 7) is 13.6. The first-order valence-corrected chi connectivity index (χ1v) is 10.7. The number of rotatable bonds is 1. The molecule has 0 N–H and O–H groups in total. The lowest BCUT2D eigenvalue weighted by Crippen LogP contribution is -1.90. The van der Waals surface area contributed by atoms with E-state index < -0.39 is 0 Å². The molecule has 0 spiro atoms. The molecule has 0 nitrogen and oxygen atoms in total. The molecule has 1 atom stereocenters. The van der Waals surface area contributed by atoms with E-state index in [0.717, 1.165) is 0 Å². The van der Waals surface area contributed by atoms with Gasteiger partial charge in [0.05, 0.1) is 0 Å². The van der Waals surface area contributed by atoms with Gasteiger partial charge in [0, 0.05) is 10.2 Å². The van der Waals surface area contributed by atoms with Crippen LogP contribution in [-0.4, -0.2) is 0 Å². The van der Waals surface area contributed by atoms with Gasteiger partial charge in [0.25, 0.3) is 0 Å². The van der Waals surface area contributed by atoms with Gasteiger partial charge in [-0.05, 0) is 91.5 Å². The summed E-state index contributed by atoms with van der Waals surface area (Å²) in [5, 5.41) is 6.06. The van der Waals surface area contributed by atoms with Gasteiger partial charge in [0.2, 0.25) is 0 Å². The number of aryl methyl sites for hydroxylation is 6. The van der Waals surface area contributed by atoms with Crippen LogP contribution in [0.25, 0.3) is 32.1 Å². The van der Waals surface area contributed by atoms with Gasteiger partial charge in [-0.1, -0.05) is 42.0 Å². The summed E-state index contributed by atoms with van der Waals surface area (Å²) in [5.41, 5.74) is 9.78.